The molecule has 0 aromatic rings. The van der Waals surface area contributed by atoms with Crippen LogP contribution in [0.15, 0.2) is 10.3 Å². The molecule has 8 heavy (non-hydrogen) atoms. The SMILES string of the molecule is C/C(=N\N=N)C(C)C. The van der Waals surface area contributed by atoms with Crippen LogP contribution in [0.5, 0.6) is 0 Å². The van der Waals surface area contributed by atoms with Crippen LogP contribution in [-0.4, -0.2) is 5.71 Å². The van der Waals surface area contributed by atoms with E-state index in [1.807, 2.05) is 20.8 Å². The second kappa shape index (κ2) is 3.29. The predicted octanol–water partition coefficient (Wildman–Crippen LogP) is 2.05. The highest BCUT2D eigenvalue weighted by atomic mass is 15.3. The van der Waals surface area contributed by atoms with Crippen molar-refractivity contribution >= 4 is 5.71 Å². The topological polar surface area (TPSA) is 48.6 Å². The van der Waals surface area contributed by atoms with Crippen molar-refractivity contribution in [3.63, 3.8) is 0 Å². The standard InChI is InChI=1S/C5H11N3/c1-4(2)5(3)7-8-6/h4,6H,1-3H3/b7-5+,8-6?. The van der Waals surface area contributed by atoms with E-state index in [-0.39, 0.29) is 0 Å². The van der Waals surface area contributed by atoms with Gasteiger partial charge >= 0.3 is 0 Å². The van der Waals surface area contributed by atoms with Crippen LogP contribution < -0.4 is 0 Å². The van der Waals surface area contributed by atoms with Gasteiger partial charge in [-0.1, -0.05) is 19.1 Å². The summed E-state index contributed by atoms with van der Waals surface area (Å²) < 4.78 is 0. The Morgan fingerprint density at radius 3 is 2.12 bits per heavy atom. The molecule has 0 radical (unpaired) electrons. The molecule has 0 fully saturated rings. The van der Waals surface area contributed by atoms with Gasteiger partial charge in [0.2, 0.25) is 0 Å². The van der Waals surface area contributed by atoms with E-state index in [1.165, 1.54) is 0 Å². The lowest BCUT2D eigenvalue weighted by atomic mass is 10.1. The molecular formula is C5H11N3. The molecule has 3 heteroatoms. The lowest BCUT2D eigenvalue weighted by molar-refractivity contribution is 0.853. The maximum atomic E-state index is 6.36. The van der Waals surface area contributed by atoms with E-state index in [1.54, 1.807) is 0 Å². The first-order valence-electron chi connectivity index (χ1n) is 2.59. The Bertz CT molecular complexity index is 104. The highest BCUT2D eigenvalue weighted by molar-refractivity contribution is 5.83. The first-order valence-corrected chi connectivity index (χ1v) is 2.59. The Morgan fingerprint density at radius 1 is 1.50 bits per heavy atom. The van der Waals surface area contributed by atoms with E-state index in [0.717, 1.165) is 5.71 Å². The molecule has 0 bridgehead atoms. The van der Waals surface area contributed by atoms with Crippen LogP contribution >= 0.6 is 0 Å². The first-order chi connectivity index (χ1) is 3.68. The summed E-state index contributed by atoms with van der Waals surface area (Å²) >= 11 is 0. The van der Waals surface area contributed by atoms with Crippen LogP contribution in [0, 0.1) is 11.4 Å². The van der Waals surface area contributed by atoms with Crippen molar-refractivity contribution in [2.45, 2.75) is 20.8 Å². The molecule has 0 unspecified atom stereocenters. The van der Waals surface area contributed by atoms with Gasteiger partial charge in [0.1, 0.15) is 0 Å². The van der Waals surface area contributed by atoms with Crippen molar-refractivity contribution in [1.82, 2.24) is 0 Å². The maximum absolute atomic E-state index is 6.36. The van der Waals surface area contributed by atoms with Crippen molar-refractivity contribution in [2.24, 2.45) is 16.2 Å². The van der Waals surface area contributed by atoms with Crippen molar-refractivity contribution in [3.05, 3.63) is 0 Å². The van der Waals surface area contributed by atoms with Gasteiger partial charge in [0.05, 0.1) is 0 Å². The van der Waals surface area contributed by atoms with Gasteiger partial charge in [-0.05, 0) is 12.8 Å². The Hall–Kier alpha value is -0.730. The van der Waals surface area contributed by atoms with Gasteiger partial charge in [-0.2, -0.15) is 5.53 Å². The molecule has 0 aliphatic rings. The molecule has 0 aliphatic heterocycles. The molecule has 0 saturated carbocycles. The summed E-state index contributed by atoms with van der Waals surface area (Å²) in [6.45, 7) is 5.90. The predicted molar refractivity (Wildman–Crippen MR) is 33.1 cm³/mol. The van der Waals surface area contributed by atoms with E-state index in [2.05, 4.69) is 10.3 Å². The number of rotatable bonds is 2. The second-order valence-corrected chi connectivity index (χ2v) is 2.00. The van der Waals surface area contributed by atoms with Crippen molar-refractivity contribution in [3.8, 4) is 0 Å². The minimum atomic E-state index is 0.407. The smallest absolute Gasteiger partial charge is 0.0418 e. The van der Waals surface area contributed by atoms with Crippen molar-refractivity contribution < 1.29 is 0 Å². The van der Waals surface area contributed by atoms with Gasteiger partial charge < -0.3 is 0 Å². The maximum Gasteiger partial charge on any atom is 0.0418 e. The molecule has 1 N–H and O–H groups in total. The third kappa shape index (κ3) is 2.44. The minimum Gasteiger partial charge on any atom is -0.185 e. The van der Waals surface area contributed by atoms with Crippen molar-refractivity contribution in [1.29, 1.82) is 5.53 Å². The highest BCUT2D eigenvalue weighted by Gasteiger charge is 1.94. The number of nitrogens with zero attached hydrogens (tertiary/aromatic N) is 2. The van der Waals surface area contributed by atoms with Crippen LogP contribution in [0.1, 0.15) is 20.8 Å². The summed E-state index contributed by atoms with van der Waals surface area (Å²) in [6, 6.07) is 0. The first kappa shape index (κ1) is 7.27. The fraction of sp³-hybridized carbons (Fsp3) is 0.800. The molecule has 46 valence electrons. The zero-order chi connectivity index (χ0) is 6.57. The third-order valence-corrected chi connectivity index (χ3v) is 1.04. The molecule has 3 nitrogen and oxygen atoms in total. The zero-order valence-corrected chi connectivity index (χ0v) is 5.47. The minimum absolute atomic E-state index is 0.407. The quantitative estimate of drug-likeness (QED) is 0.323. The average molecular weight is 113 g/mol. The Kier molecular flexibility index (Phi) is 2.99. The molecule has 0 saturated heterocycles. The van der Waals surface area contributed by atoms with Gasteiger partial charge in [0.25, 0.3) is 0 Å². The molecule has 0 rings (SSSR count). The van der Waals surface area contributed by atoms with E-state index in [4.69, 9.17) is 5.53 Å². The summed E-state index contributed by atoms with van der Waals surface area (Å²) in [5.74, 6) is 0.407. The largest absolute Gasteiger partial charge is 0.185 e. The van der Waals surface area contributed by atoms with Crippen LogP contribution in [0.3, 0.4) is 0 Å². The Morgan fingerprint density at radius 2 is 2.00 bits per heavy atom. The van der Waals surface area contributed by atoms with E-state index in [0.29, 0.717) is 5.92 Å². The van der Waals surface area contributed by atoms with Gasteiger partial charge in [0.15, 0.2) is 0 Å². The lowest BCUT2D eigenvalue weighted by Crippen LogP contribution is -1.99. The van der Waals surface area contributed by atoms with Gasteiger partial charge in [-0.3, -0.25) is 0 Å². The van der Waals surface area contributed by atoms with Crippen LogP contribution in [0.4, 0.5) is 0 Å². The monoisotopic (exact) mass is 113 g/mol. The lowest BCUT2D eigenvalue weighted by Gasteiger charge is -1.97. The number of nitrogens with one attached hydrogen (secondary N) is 1. The van der Waals surface area contributed by atoms with E-state index >= 15 is 0 Å². The molecule has 0 aromatic carbocycles. The molecule has 0 heterocycles. The molecule has 0 atom stereocenters. The Balaban J connectivity index is 3.78. The second-order valence-electron chi connectivity index (χ2n) is 2.00. The highest BCUT2D eigenvalue weighted by Crippen LogP contribution is 1.95. The molecule has 0 aromatic heterocycles. The van der Waals surface area contributed by atoms with Gasteiger partial charge in [0, 0.05) is 5.71 Å². The molecule has 0 spiro atoms. The van der Waals surface area contributed by atoms with Crippen LogP contribution in [0.25, 0.3) is 0 Å². The van der Waals surface area contributed by atoms with E-state index < -0.39 is 0 Å². The van der Waals surface area contributed by atoms with Crippen molar-refractivity contribution in [2.75, 3.05) is 0 Å². The average Bonchev–Trinajstić information content (AvgIpc) is 1.67. The summed E-state index contributed by atoms with van der Waals surface area (Å²) in [7, 11) is 0. The number of hydrogen-bond acceptors (Lipinski definition) is 2. The summed E-state index contributed by atoms with van der Waals surface area (Å²) in [5.41, 5.74) is 7.27. The summed E-state index contributed by atoms with van der Waals surface area (Å²) in [6.07, 6.45) is 0. The normalized spacial score (nSPS) is 12.2. The van der Waals surface area contributed by atoms with Gasteiger partial charge in [-0.25, -0.2) is 0 Å². The molecule has 0 amide bonds. The fourth-order valence-electron chi connectivity index (χ4n) is 0.194. The molecular weight excluding hydrogens is 102 g/mol. The zero-order valence-electron chi connectivity index (χ0n) is 5.47. The number of hydrogen-bond donors (Lipinski definition) is 1. The van der Waals surface area contributed by atoms with Gasteiger partial charge in [-0.15, -0.1) is 5.10 Å². The summed E-state index contributed by atoms with van der Waals surface area (Å²) in [5, 5.41) is 6.43. The van der Waals surface area contributed by atoms with E-state index in [9.17, 15) is 0 Å². The van der Waals surface area contributed by atoms with Crippen LogP contribution in [0.2, 0.25) is 0 Å². The third-order valence-electron chi connectivity index (χ3n) is 1.04. The van der Waals surface area contributed by atoms with Crippen LogP contribution in [-0.2, 0) is 0 Å². The Labute approximate surface area is 49.3 Å². The fourth-order valence-corrected chi connectivity index (χ4v) is 0.194. The molecule has 0 aliphatic carbocycles. The summed E-state index contributed by atoms with van der Waals surface area (Å²) in [4.78, 5) is 0.